The van der Waals surface area contributed by atoms with Crippen LogP contribution in [0.1, 0.15) is 17.5 Å². The van der Waals surface area contributed by atoms with Crippen LogP contribution in [0.4, 0.5) is 0 Å². The van der Waals surface area contributed by atoms with Crippen LogP contribution in [0.5, 0.6) is 0 Å². The number of hydrogen-bond donors (Lipinski definition) is 0. The number of hydrogen-bond acceptors (Lipinski definition) is 3. The van der Waals surface area contributed by atoms with Crippen molar-refractivity contribution >= 4 is 12.0 Å². The molecular weight excluding hydrogens is 266 g/mol. The minimum atomic E-state index is 0.00345. The van der Waals surface area contributed by atoms with Gasteiger partial charge in [-0.1, -0.05) is 29.8 Å². The Bertz CT molecular complexity index is 440. The van der Waals surface area contributed by atoms with Crippen LogP contribution in [0.3, 0.4) is 0 Å². The average molecular weight is 291 g/mol. The highest BCUT2D eigenvalue weighted by Crippen LogP contribution is 2.06. The van der Waals surface area contributed by atoms with Gasteiger partial charge in [0.2, 0.25) is 5.91 Å². The van der Waals surface area contributed by atoms with Crippen molar-refractivity contribution in [3.05, 3.63) is 41.5 Å². The van der Waals surface area contributed by atoms with Crippen molar-refractivity contribution in [3.8, 4) is 0 Å². The zero-order chi connectivity index (χ0) is 15.5. The van der Waals surface area contributed by atoms with Gasteiger partial charge in [0, 0.05) is 40.0 Å². The van der Waals surface area contributed by atoms with E-state index in [2.05, 4.69) is 0 Å². The Hall–Kier alpha value is -1.65. The van der Waals surface area contributed by atoms with Gasteiger partial charge in [-0.15, -0.1) is 0 Å². The lowest BCUT2D eigenvalue weighted by atomic mass is 10.1. The Morgan fingerprint density at radius 3 is 2.38 bits per heavy atom. The van der Waals surface area contributed by atoms with E-state index in [1.54, 1.807) is 25.2 Å². The van der Waals surface area contributed by atoms with Crippen LogP contribution in [0.25, 0.3) is 6.08 Å². The molecular formula is C17H25NO3. The molecule has 0 aromatic heterocycles. The van der Waals surface area contributed by atoms with E-state index < -0.39 is 0 Å². The van der Waals surface area contributed by atoms with E-state index in [1.807, 2.05) is 37.3 Å². The first-order chi connectivity index (χ1) is 10.2. The third-order valence-corrected chi connectivity index (χ3v) is 3.15. The van der Waals surface area contributed by atoms with E-state index in [1.165, 1.54) is 5.56 Å². The fourth-order valence-corrected chi connectivity index (χ4v) is 1.88. The molecule has 0 aliphatic heterocycles. The Morgan fingerprint density at radius 2 is 1.76 bits per heavy atom. The second kappa shape index (κ2) is 10.1. The van der Waals surface area contributed by atoms with Crippen LogP contribution in [0.15, 0.2) is 30.3 Å². The van der Waals surface area contributed by atoms with E-state index in [-0.39, 0.29) is 5.91 Å². The van der Waals surface area contributed by atoms with Crippen molar-refractivity contribution in [1.29, 1.82) is 0 Å². The van der Waals surface area contributed by atoms with Gasteiger partial charge in [0.1, 0.15) is 0 Å². The molecule has 116 valence electrons. The molecule has 0 atom stereocenters. The number of nitrogens with zero attached hydrogens (tertiary/aromatic N) is 1. The lowest BCUT2D eigenvalue weighted by Crippen LogP contribution is -2.34. The Labute approximate surface area is 127 Å². The summed E-state index contributed by atoms with van der Waals surface area (Å²) in [5.74, 6) is 0.00345. The number of carbonyl (C=O) groups is 1. The first-order valence-corrected chi connectivity index (χ1v) is 7.19. The number of ether oxygens (including phenoxy) is 2. The monoisotopic (exact) mass is 291 g/mol. The summed E-state index contributed by atoms with van der Waals surface area (Å²) in [5, 5.41) is 0. The second-order valence-corrected chi connectivity index (χ2v) is 4.91. The van der Waals surface area contributed by atoms with Gasteiger partial charge in [-0.05, 0) is 25.0 Å². The molecule has 0 aliphatic carbocycles. The molecule has 4 heteroatoms. The quantitative estimate of drug-likeness (QED) is 0.518. The van der Waals surface area contributed by atoms with Crippen LogP contribution < -0.4 is 0 Å². The fourth-order valence-electron chi connectivity index (χ4n) is 1.88. The van der Waals surface area contributed by atoms with Gasteiger partial charge in [0.15, 0.2) is 0 Å². The first kappa shape index (κ1) is 17.4. The molecule has 0 N–H and O–H groups in total. The third kappa shape index (κ3) is 7.06. The molecule has 21 heavy (non-hydrogen) atoms. The van der Waals surface area contributed by atoms with E-state index in [4.69, 9.17) is 9.47 Å². The standard InChI is InChI=1S/C17H25NO3/c1-15-5-7-16(8-6-15)9-10-17(19)18(12-14-21-3)11-4-13-20-2/h5-10H,4,11-14H2,1-3H3/b10-9+. The summed E-state index contributed by atoms with van der Waals surface area (Å²) in [5.41, 5.74) is 2.23. The van der Waals surface area contributed by atoms with Gasteiger partial charge >= 0.3 is 0 Å². The SMILES string of the molecule is COCCCN(CCOC)C(=O)/C=C/c1ccc(C)cc1. The van der Waals surface area contributed by atoms with Gasteiger partial charge < -0.3 is 14.4 Å². The zero-order valence-corrected chi connectivity index (χ0v) is 13.2. The molecule has 0 spiro atoms. The summed E-state index contributed by atoms with van der Waals surface area (Å²) in [6.07, 6.45) is 4.29. The maximum Gasteiger partial charge on any atom is 0.246 e. The van der Waals surface area contributed by atoms with Crippen LogP contribution in [-0.2, 0) is 14.3 Å². The first-order valence-electron chi connectivity index (χ1n) is 7.19. The predicted molar refractivity (Wildman–Crippen MR) is 85.2 cm³/mol. The number of rotatable bonds is 9. The summed E-state index contributed by atoms with van der Waals surface area (Å²) in [4.78, 5) is 14.0. The molecule has 0 aliphatic rings. The maximum atomic E-state index is 12.2. The molecule has 0 heterocycles. The lowest BCUT2D eigenvalue weighted by molar-refractivity contribution is -0.126. The van der Waals surface area contributed by atoms with Gasteiger partial charge in [-0.3, -0.25) is 4.79 Å². The van der Waals surface area contributed by atoms with Crippen molar-refractivity contribution in [2.45, 2.75) is 13.3 Å². The summed E-state index contributed by atoms with van der Waals surface area (Å²) >= 11 is 0. The molecule has 4 nitrogen and oxygen atoms in total. The third-order valence-electron chi connectivity index (χ3n) is 3.15. The largest absolute Gasteiger partial charge is 0.385 e. The van der Waals surface area contributed by atoms with Crippen LogP contribution in [-0.4, -0.2) is 51.3 Å². The molecule has 0 radical (unpaired) electrons. The number of amides is 1. The Morgan fingerprint density at radius 1 is 1.10 bits per heavy atom. The highest BCUT2D eigenvalue weighted by molar-refractivity contribution is 5.91. The van der Waals surface area contributed by atoms with Gasteiger partial charge in [-0.25, -0.2) is 0 Å². The van der Waals surface area contributed by atoms with E-state index in [9.17, 15) is 4.79 Å². The number of aryl methyl sites for hydroxylation is 1. The smallest absolute Gasteiger partial charge is 0.246 e. The van der Waals surface area contributed by atoms with Crippen molar-refractivity contribution in [1.82, 2.24) is 4.90 Å². The normalized spacial score (nSPS) is 11.0. The second-order valence-electron chi connectivity index (χ2n) is 4.91. The van der Waals surface area contributed by atoms with Gasteiger partial charge in [-0.2, -0.15) is 0 Å². The summed E-state index contributed by atoms with van der Waals surface area (Å²) in [6, 6.07) is 8.07. The van der Waals surface area contributed by atoms with E-state index in [0.29, 0.717) is 26.3 Å². The van der Waals surface area contributed by atoms with Crippen molar-refractivity contribution in [2.24, 2.45) is 0 Å². The number of methoxy groups -OCH3 is 2. The molecule has 0 bridgehead atoms. The summed E-state index contributed by atoms with van der Waals surface area (Å²) in [6.45, 7) is 4.50. The van der Waals surface area contributed by atoms with Gasteiger partial charge in [0.25, 0.3) is 0 Å². The Kier molecular flexibility index (Phi) is 8.40. The maximum absolute atomic E-state index is 12.2. The minimum Gasteiger partial charge on any atom is -0.385 e. The van der Waals surface area contributed by atoms with Crippen molar-refractivity contribution in [2.75, 3.05) is 40.5 Å². The van der Waals surface area contributed by atoms with E-state index in [0.717, 1.165) is 12.0 Å². The van der Waals surface area contributed by atoms with Crippen LogP contribution in [0, 0.1) is 6.92 Å². The fraction of sp³-hybridized carbons (Fsp3) is 0.471. The van der Waals surface area contributed by atoms with E-state index >= 15 is 0 Å². The summed E-state index contributed by atoms with van der Waals surface area (Å²) in [7, 11) is 3.30. The van der Waals surface area contributed by atoms with Crippen molar-refractivity contribution < 1.29 is 14.3 Å². The molecule has 0 saturated carbocycles. The average Bonchev–Trinajstić information content (AvgIpc) is 2.50. The van der Waals surface area contributed by atoms with Crippen LogP contribution in [0.2, 0.25) is 0 Å². The topological polar surface area (TPSA) is 38.8 Å². The molecule has 1 aromatic rings. The van der Waals surface area contributed by atoms with Gasteiger partial charge in [0.05, 0.1) is 6.61 Å². The minimum absolute atomic E-state index is 0.00345. The highest BCUT2D eigenvalue weighted by Gasteiger charge is 2.09. The number of carbonyl (C=O) groups excluding carboxylic acids is 1. The molecule has 1 amide bonds. The highest BCUT2D eigenvalue weighted by atomic mass is 16.5. The van der Waals surface area contributed by atoms with Crippen molar-refractivity contribution in [3.63, 3.8) is 0 Å². The number of benzene rings is 1. The predicted octanol–water partition coefficient (Wildman–Crippen LogP) is 2.52. The molecule has 1 aromatic carbocycles. The molecule has 0 unspecified atom stereocenters. The summed E-state index contributed by atoms with van der Waals surface area (Å²) < 4.78 is 10.1. The molecule has 0 fully saturated rings. The molecule has 1 rings (SSSR count). The zero-order valence-electron chi connectivity index (χ0n) is 13.2. The Balaban J connectivity index is 2.58. The van der Waals surface area contributed by atoms with Crippen LogP contribution >= 0.6 is 0 Å². The molecule has 0 saturated heterocycles. The lowest BCUT2D eigenvalue weighted by Gasteiger charge is -2.20.